The van der Waals surface area contributed by atoms with E-state index in [0.29, 0.717) is 0 Å². The highest BCUT2D eigenvalue weighted by Crippen LogP contribution is 2.30. The Morgan fingerprint density at radius 3 is 2.18 bits per heavy atom. The lowest BCUT2D eigenvalue weighted by Crippen LogP contribution is -2.13. The Balaban J connectivity index is 1.56. The lowest BCUT2D eigenvalue weighted by molar-refractivity contribution is 0.276. The maximum Gasteiger partial charge on any atom is 0.128 e. The molecule has 116 valence electrons. The molecule has 0 radical (unpaired) electrons. The zero-order chi connectivity index (χ0) is 15.4. The Morgan fingerprint density at radius 1 is 0.909 bits per heavy atom. The predicted molar refractivity (Wildman–Crippen MR) is 91.6 cm³/mol. The molecule has 0 N–H and O–H groups in total. The summed E-state index contributed by atoms with van der Waals surface area (Å²) in [4.78, 5) is 9.13. The molecule has 0 unspecified atom stereocenters. The van der Waals surface area contributed by atoms with Crippen molar-refractivity contribution in [3.63, 3.8) is 0 Å². The van der Waals surface area contributed by atoms with Gasteiger partial charge in [0.15, 0.2) is 0 Å². The van der Waals surface area contributed by atoms with Crippen LogP contribution < -0.4 is 0 Å². The second kappa shape index (κ2) is 7.04. The minimum atomic E-state index is 0.886. The first-order valence-electron chi connectivity index (χ1n) is 8.58. The van der Waals surface area contributed by atoms with Crippen LogP contribution in [0, 0.1) is 18.8 Å². The number of rotatable bonds is 4. The Labute approximate surface area is 134 Å². The summed E-state index contributed by atoms with van der Waals surface area (Å²) in [6, 6.07) is 8.54. The van der Waals surface area contributed by atoms with Crippen molar-refractivity contribution >= 4 is 0 Å². The molecule has 0 atom stereocenters. The summed E-state index contributed by atoms with van der Waals surface area (Å²) in [7, 11) is 0. The van der Waals surface area contributed by atoms with Crippen molar-refractivity contribution in [2.75, 3.05) is 0 Å². The fraction of sp³-hybridized carbons (Fsp3) is 0.500. The van der Waals surface area contributed by atoms with E-state index in [4.69, 9.17) is 0 Å². The van der Waals surface area contributed by atoms with Crippen molar-refractivity contribution in [1.29, 1.82) is 0 Å². The van der Waals surface area contributed by atoms with E-state index >= 15 is 0 Å². The smallest absolute Gasteiger partial charge is 0.128 e. The van der Waals surface area contributed by atoms with E-state index in [1.54, 1.807) is 0 Å². The Hall–Kier alpha value is -1.70. The van der Waals surface area contributed by atoms with Crippen LogP contribution in [-0.4, -0.2) is 9.97 Å². The molecule has 1 aromatic heterocycles. The third-order valence-electron chi connectivity index (χ3n) is 5.00. The van der Waals surface area contributed by atoms with Crippen molar-refractivity contribution in [1.82, 2.24) is 9.97 Å². The van der Waals surface area contributed by atoms with Gasteiger partial charge in [-0.1, -0.05) is 62.4 Å². The van der Waals surface area contributed by atoms with Crippen LogP contribution in [0.1, 0.15) is 50.4 Å². The molecular weight excluding hydrogens is 268 g/mol. The van der Waals surface area contributed by atoms with E-state index in [1.807, 2.05) is 12.4 Å². The summed E-state index contributed by atoms with van der Waals surface area (Å²) in [5.74, 6) is 2.81. The quantitative estimate of drug-likeness (QED) is 0.773. The van der Waals surface area contributed by atoms with Crippen molar-refractivity contribution < 1.29 is 0 Å². The molecule has 0 saturated heterocycles. The first kappa shape index (κ1) is 15.2. The Morgan fingerprint density at radius 2 is 1.55 bits per heavy atom. The second-order valence-electron chi connectivity index (χ2n) is 6.92. The summed E-state index contributed by atoms with van der Waals surface area (Å²) in [6.45, 7) is 4.48. The molecule has 0 amide bonds. The first-order valence-corrected chi connectivity index (χ1v) is 8.58. The van der Waals surface area contributed by atoms with Crippen LogP contribution in [0.5, 0.6) is 0 Å². The fourth-order valence-electron chi connectivity index (χ4n) is 3.33. The molecule has 22 heavy (non-hydrogen) atoms. The van der Waals surface area contributed by atoms with Gasteiger partial charge in [-0.2, -0.15) is 0 Å². The van der Waals surface area contributed by atoms with Crippen LogP contribution in [0.2, 0.25) is 0 Å². The average molecular weight is 294 g/mol. The van der Waals surface area contributed by atoms with E-state index < -0.39 is 0 Å². The Bertz CT molecular complexity index is 578. The normalized spacial score (nSPS) is 21.7. The zero-order valence-electron chi connectivity index (χ0n) is 13.8. The molecule has 0 bridgehead atoms. The average Bonchev–Trinajstić information content (AvgIpc) is 2.56. The molecule has 1 fully saturated rings. The summed E-state index contributed by atoms with van der Waals surface area (Å²) < 4.78 is 0. The SMILES string of the molecule is Cc1ccc(-c2cnc(CCC3CCC(C)CC3)nc2)cc1. The molecular formula is C20H26N2. The molecule has 1 saturated carbocycles. The highest BCUT2D eigenvalue weighted by atomic mass is 14.9. The topological polar surface area (TPSA) is 25.8 Å². The summed E-state index contributed by atoms with van der Waals surface area (Å²) >= 11 is 0. The fourth-order valence-corrected chi connectivity index (χ4v) is 3.33. The molecule has 1 heterocycles. The van der Waals surface area contributed by atoms with Gasteiger partial charge >= 0.3 is 0 Å². The van der Waals surface area contributed by atoms with Crippen molar-refractivity contribution in [2.24, 2.45) is 11.8 Å². The van der Waals surface area contributed by atoms with Crippen LogP contribution in [0.3, 0.4) is 0 Å². The van der Waals surface area contributed by atoms with Crippen molar-refractivity contribution in [3.8, 4) is 11.1 Å². The van der Waals surface area contributed by atoms with Gasteiger partial charge in [-0.15, -0.1) is 0 Å². The van der Waals surface area contributed by atoms with E-state index in [-0.39, 0.29) is 0 Å². The molecule has 2 aromatic rings. The molecule has 1 aliphatic carbocycles. The number of aryl methyl sites for hydroxylation is 2. The van der Waals surface area contributed by atoms with Crippen LogP contribution in [-0.2, 0) is 6.42 Å². The molecule has 1 aromatic carbocycles. The third kappa shape index (κ3) is 3.94. The number of hydrogen-bond acceptors (Lipinski definition) is 2. The van der Waals surface area contributed by atoms with Crippen LogP contribution >= 0.6 is 0 Å². The standard InChI is InChI=1S/C20H26N2/c1-15-3-7-17(8-4-15)9-12-20-21-13-19(14-22-20)18-10-5-16(2)6-11-18/h5-6,10-11,13-15,17H,3-4,7-9,12H2,1-2H3. The lowest BCUT2D eigenvalue weighted by atomic mass is 9.81. The monoisotopic (exact) mass is 294 g/mol. The number of benzene rings is 1. The predicted octanol–water partition coefficient (Wildman–Crippen LogP) is 5.21. The minimum absolute atomic E-state index is 0.886. The maximum atomic E-state index is 4.57. The minimum Gasteiger partial charge on any atom is -0.241 e. The third-order valence-corrected chi connectivity index (χ3v) is 5.00. The van der Waals surface area contributed by atoms with E-state index in [0.717, 1.165) is 29.6 Å². The largest absolute Gasteiger partial charge is 0.241 e. The van der Waals surface area contributed by atoms with Gasteiger partial charge in [0.05, 0.1) is 0 Å². The van der Waals surface area contributed by atoms with Crippen molar-refractivity contribution in [3.05, 3.63) is 48.0 Å². The van der Waals surface area contributed by atoms with Crippen LogP contribution in [0.15, 0.2) is 36.7 Å². The number of nitrogens with zero attached hydrogens (tertiary/aromatic N) is 2. The van der Waals surface area contributed by atoms with Crippen LogP contribution in [0.25, 0.3) is 11.1 Å². The van der Waals surface area contributed by atoms with Gasteiger partial charge in [-0.3, -0.25) is 0 Å². The molecule has 1 aliphatic rings. The van der Waals surface area contributed by atoms with E-state index in [1.165, 1.54) is 43.2 Å². The Kier molecular flexibility index (Phi) is 4.87. The van der Waals surface area contributed by atoms with Gasteiger partial charge in [0.1, 0.15) is 5.82 Å². The summed E-state index contributed by atoms with van der Waals surface area (Å²) in [6.07, 6.45) is 11.8. The van der Waals surface area contributed by atoms with Crippen LogP contribution in [0.4, 0.5) is 0 Å². The molecule has 2 nitrogen and oxygen atoms in total. The summed E-state index contributed by atoms with van der Waals surface area (Å²) in [5, 5.41) is 0. The second-order valence-corrected chi connectivity index (χ2v) is 6.92. The molecule has 2 heteroatoms. The lowest BCUT2D eigenvalue weighted by Gasteiger charge is -2.25. The molecule has 3 rings (SSSR count). The zero-order valence-corrected chi connectivity index (χ0v) is 13.8. The van der Waals surface area contributed by atoms with E-state index in [2.05, 4.69) is 48.1 Å². The van der Waals surface area contributed by atoms with Gasteiger partial charge in [-0.25, -0.2) is 9.97 Å². The van der Waals surface area contributed by atoms with Crippen molar-refractivity contribution in [2.45, 2.75) is 52.4 Å². The van der Waals surface area contributed by atoms with Gasteiger partial charge < -0.3 is 0 Å². The maximum absolute atomic E-state index is 4.57. The van der Waals surface area contributed by atoms with Gasteiger partial charge in [-0.05, 0) is 30.7 Å². The highest BCUT2D eigenvalue weighted by molar-refractivity contribution is 5.61. The van der Waals surface area contributed by atoms with Gasteiger partial charge in [0, 0.05) is 24.4 Å². The van der Waals surface area contributed by atoms with E-state index in [9.17, 15) is 0 Å². The summed E-state index contributed by atoms with van der Waals surface area (Å²) in [5.41, 5.74) is 3.58. The van der Waals surface area contributed by atoms with Gasteiger partial charge in [0.25, 0.3) is 0 Å². The molecule has 0 spiro atoms. The number of hydrogen-bond donors (Lipinski definition) is 0. The number of aromatic nitrogens is 2. The molecule has 0 aliphatic heterocycles. The highest BCUT2D eigenvalue weighted by Gasteiger charge is 2.18. The first-order chi connectivity index (χ1) is 10.7. The van der Waals surface area contributed by atoms with Gasteiger partial charge in [0.2, 0.25) is 0 Å².